The van der Waals surface area contributed by atoms with Crippen molar-refractivity contribution in [3.05, 3.63) is 54.9 Å². The summed E-state index contributed by atoms with van der Waals surface area (Å²) in [4.78, 5) is 28.9. The number of fused-ring (bicyclic) bond motifs is 1. The van der Waals surface area contributed by atoms with Gasteiger partial charge in [0, 0.05) is 26.1 Å². The summed E-state index contributed by atoms with van der Waals surface area (Å²) in [6.45, 7) is 11.2. The SMILES string of the molecule is C=CC[C@@H]1CC=C[C@@H](CC=C)N1C(=O)c1cc2n(n1)CCCN(C(C)=O)C2. The Morgan fingerprint density at radius 3 is 2.74 bits per heavy atom. The number of amides is 2. The van der Waals surface area contributed by atoms with Gasteiger partial charge in [-0.1, -0.05) is 24.3 Å². The van der Waals surface area contributed by atoms with Crippen LogP contribution in [0.3, 0.4) is 0 Å². The Morgan fingerprint density at radius 2 is 2.04 bits per heavy atom. The zero-order valence-electron chi connectivity index (χ0n) is 16.0. The summed E-state index contributed by atoms with van der Waals surface area (Å²) in [5.41, 5.74) is 1.37. The van der Waals surface area contributed by atoms with Gasteiger partial charge in [0.05, 0.1) is 18.3 Å². The van der Waals surface area contributed by atoms with E-state index < -0.39 is 0 Å². The third-order valence-corrected chi connectivity index (χ3v) is 5.28. The molecule has 0 unspecified atom stereocenters. The van der Waals surface area contributed by atoms with E-state index in [0.29, 0.717) is 18.7 Å². The average Bonchev–Trinajstić information content (AvgIpc) is 2.93. The van der Waals surface area contributed by atoms with Crippen LogP contribution >= 0.6 is 0 Å². The fourth-order valence-corrected chi connectivity index (χ4v) is 3.92. The van der Waals surface area contributed by atoms with E-state index in [2.05, 4.69) is 30.4 Å². The summed E-state index contributed by atoms with van der Waals surface area (Å²) in [6, 6.07) is 1.92. The first-order chi connectivity index (χ1) is 13.0. The van der Waals surface area contributed by atoms with Gasteiger partial charge in [0.1, 0.15) is 0 Å². The van der Waals surface area contributed by atoms with Crippen LogP contribution in [0.1, 0.15) is 48.8 Å². The van der Waals surface area contributed by atoms with E-state index >= 15 is 0 Å². The quantitative estimate of drug-likeness (QED) is 0.751. The Labute approximate surface area is 160 Å². The minimum absolute atomic E-state index is 0.0103. The van der Waals surface area contributed by atoms with Gasteiger partial charge in [-0.05, 0) is 31.7 Å². The molecule has 2 aliphatic heterocycles. The lowest BCUT2D eigenvalue weighted by Crippen LogP contribution is -2.48. The minimum atomic E-state index is -0.0620. The molecule has 6 heteroatoms. The van der Waals surface area contributed by atoms with Crippen molar-refractivity contribution in [2.45, 2.75) is 57.8 Å². The lowest BCUT2D eigenvalue weighted by Gasteiger charge is -2.38. The fraction of sp³-hybridized carbons (Fsp3) is 0.476. The van der Waals surface area contributed by atoms with Gasteiger partial charge in [-0.25, -0.2) is 0 Å². The van der Waals surface area contributed by atoms with Gasteiger partial charge in [-0.3, -0.25) is 14.3 Å². The number of carbonyl (C=O) groups excluding carboxylic acids is 2. The second-order valence-electron chi connectivity index (χ2n) is 7.18. The Hall–Kier alpha value is -2.63. The summed E-state index contributed by atoms with van der Waals surface area (Å²) < 4.78 is 1.88. The van der Waals surface area contributed by atoms with Crippen molar-refractivity contribution in [3.8, 4) is 0 Å². The van der Waals surface area contributed by atoms with Crippen LogP contribution in [0.2, 0.25) is 0 Å². The van der Waals surface area contributed by atoms with Gasteiger partial charge < -0.3 is 9.80 Å². The van der Waals surface area contributed by atoms with Crippen LogP contribution in [0.15, 0.2) is 43.5 Å². The Balaban J connectivity index is 1.88. The van der Waals surface area contributed by atoms with Gasteiger partial charge in [0.25, 0.3) is 5.91 Å². The van der Waals surface area contributed by atoms with E-state index in [9.17, 15) is 9.59 Å². The van der Waals surface area contributed by atoms with E-state index in [0.717, 1.165) is 38.0 Å². The minimum Gasteiger partial charge on any atom is -0.337 e. The Bertz CT molecular complexity index is 764. The molecule has 2 atom stereocenters. The van der Waals surface area contributed by atoms with E-state index in [4.69, 9.17) is 0 Å². The van der Waals surface area contributed by atoms with E-state index in [1.54, 1.807) is 11.8 Å². The molecule has 0 fully saturated rings. The van der Waals surface area contributed by atoms with Gasteiger partial charge in [-0.15, -0.1) is 13.2 Å². The maximum atomic E-state index is 13.4. The van der Waals surface area contributed by atoms with Crippen molar-refractivity contribution in [1.29, 1.82) is 0 Å². The summed E-state index contributed by atoms with van der Waals surface area (Å²) in [7, 11) is 0. The molecule has 0 saturated carbocycles. The number of hydrogen-bond donors (Lipinski definition) is 0. The molecule has 6 nitrogen and oxygen atoms in total. The lowest BCUT2D eigenvalue weighted by molar-refractivity contribution is -0.129. The molecule has 3 heterocycles. The van der Waals surface area contributed by atoms with Crippen LogP contribution in [0.5, 0.6) is 0 Å². The molecule has 3 rings (SSSR count). The number of aromatic nitrogens is 2. The van der Waals surface area contributed by atoms with E-state index in [1.807, 2.05) is 27.8 Å². The highest BCUT2D eigenvalue weighted by Gasteiger charge is 2.33. The first kappa shape index (κ1) is 19.1. The van der Waals surface area contributed by atoms with Crippen molar-refractivity contribution in [2.24, 2.45) is 0 Å². The summed E-state index contributed by atoms with van der Waals surface area (Å²) in [5, 5.41) is 4.58. The molecule has 144 valence electrons. The third-order valence-electron chi connectivity index (χ3n) is 5.28. The van der Waals surface area contributed by atoms with Crippen LogP contribution in [0, 0.1) is 0 Å². The Kier molecular flexibility index (Phi) is 5.94. The molecule has 1 aromatic heterocycles. The zero-order valence-corrected chi connectivity index (χ0v) is 16.0. The molecule has 2 amide bonds. The molecule has 0 saturated heterocycles. The van der Waals surface area contributed by atoms with Gasteiger partial charge >= 0.3 is 0 Å². The molecule has 0 aromatic carbocycles. The molecular weight excluding hydrogens is 340 g/mol. The second kappa shape index (κ2) is 8.37. The Morgan fingerprint density at radius 1 is 1.26 bits per heavy atom. The van der Waals surface area contributed by atoms with Crippen molar-refractivity contribution in [2.75, 3.05) is 6.54 Å². The average molecular weight is 368 g/mol. The monoisotopic (exact) mass is 368 g/mol. The number of aryl methyl sites for hydroxylation is 1. The maximum Gasteiger partial charge on any atom is 0.275 e. The van der Waals surface area contributed by atoms with Crippen molar-refractivity contribution < 1.29 is 9.59 Å². The molecule has 0 radical (unpaired) electrons. The van der Waals surface area contributed by atoms with E-state index in [1.165, 1.54) is 0 Å². The first-order valence-corrected chi connectivity index (χ1v) is 9.58. The van der Waals surface area contributed by atoms with Crippen molar-refractivity contribution >= 4 is 11.8 Å². The molecular formula is C21H28N4O2. The van der Waals surface area contributed by atoms with Crippen LogP contribution in [0.25, 0.3) is 0 Å². The molecule has 0 spiro atoms. The zero-order chi connectivity index (χ0) is 19.4. The predicted molar refractivity (Wildman–Crippen MR) is 105 cm³/mol. The van der Waals surface area contributed by atoms with E-state index in [-0.39, 0.29) is 23.9 Å². The first-order valence-electron chi connectivity index (χ1n) is 9.58. The van der Waals surface area contributed by atoms with Crippen molar-refractivity contribution in [3.63, 3.8) is 0 Å². The van der Waals surface area contributed by atoms with Crippen LogP contribution in [0.4, 0.5) is 0 Å². The number of rotatable bonds is 5. The summed E-state index contributed by atoms with van der Waals surface area (Å²) in [5.74, 6) is -0.0104. The number of hydrogen-bond acceptors (Lipinski definition) is 3. The largest absolute Gasteiger partial charge is 0.337 e. The smallest absolute Gasteiger partial charge is 0.275 e. The second-order valence-corrected chi connectivity index (χ2v) is 7.18. The summed E-state index contributed by atoms with van der Waals surface area (Å²) >= 11 is 0. The van der Waals surface area contributed by atoms with Crippen LogP contribution in [-0.4, -0.2) is 50.0 Å². The molecule has 1 aromatic rings. The predicted octanol–water partition coefficient (Wildman–Crippen LogP) is 2.93. The van der Waals surface area contributed by atoms with Gasteiger partial charge in [0.15, 0.2) is 5.69 Å². The third kappa shape index (κ3) is 4.04. The molecule has 0 aliphatic carbocycles. The highest BCUT2D eigenvalue weighted by atomic mass is 16.2. The van der Waals surface area contributed by atoms with Gasteiger partial charge in [-0.2, -0.15) is 5.10 Å². The van der Waals surface area contributed by atoms with Crippen LogP contribution < -0.4 is 0 Å². The number of carbonyl (C=O) groups is 2. The number of nitrogens with zero attached hydrogens (tertiary/aromatic N) is 4. The molecule has 0 bridgehead atoms. The summed E-state index contributed by atoms with van der Waals surface area (Å²) in [6.07, 6.45) is 11.0. The normalized spacial score (nSPS) is 22.1. The van der Waals surface area contributed by atoms with Crippen molar-refractivity contribution in [1.82, 2.24) is 19.6 Å². The molecule has 27 heavy (non-hydrogen) atoms. The highest BCUT2D eigenvalue weighted by molar-refractivity contribution is 5.93. The standard InChI is InChI=1S/C21H28N4O2/c1-4-8-17-10-6-11-18(9-5-2)25(17)21(27)20-14-19-15-23(16(3)26)12-7-13-24(19)22-20/h4-6,10,14,17-18H,1-2,7-9,11-13,15H2,3H3/t17-,18-/m1/s1. The molecule has 0 N–H and O–H groups in total. The fourth-order valence-electron chi connectivity index (χ4n) is 3.92. The highest BCUT2D eigenvalue weighted by Crippen LogP contribution is 2.25. The molecule has 2 aliphatic rings. The lowest BCUT2D eigenvalue weighted by atomic mass is 9.97. The van der Waals surface area contributed by atoms with Crippen LogP contribution in [-0.2, 0) is 17.9 Å². The van der Waals surface area contributed by atoms with Gasteiger partial charge in [0.2, 0.25) is 5.91 Å². The topological polar surface area (TPSA) is 58.4 Å². The maximum absolute atomic E-state index is 13.4.